The van der Waals surface area contributed by atoms with E-state index in [0.29, 0.717) is 11.3 Å². The first-order valence-corrected chi connectivity index (χ1v) is 18.4. The van der Waals surface area contributed by atoms with Gasteiger partial charge in [-0.05, 0) is 186 Å². The predicted molar refractivity (Wildman–Crippen MR) is 187 cm³/mol. The van der Waals surface area contributed by atoms with Crippen LogP contribution >= 0.6 is 0 Å². The van der Waals surface area contributed by atoms with E-state index in [1.54, 1.807) is 16.7 Å². The Morgan fingerprint density at radius 2 is 1.70 bits per heavy atom. The molecule has 4 aliphatic rings. The molecule has 1 N–H and O–H groups in total. The van der Waals surface area contributed by atoms with Crippen molar-refractivity contribution < 1.29 is 4.42 Å². The molecule has 0 bridgehead atoms. The third-order valence-corrected chi connectivity index (χ3v) is 11.9. The molecule has 1 spiro atoms. The molecule has 1 unspecified atom stereocenters. The van der Waals surface area contributed by atoms with Crippen LogP contribution in [0.3, 0.4) is 0 Å². The normalized spacial score (nSPS) is 24.2. The summed E-state index contributed by atoms with van der Waals surface area (Å²) in [5.41, 5.74) is 9.89. The predicted octanol–water partition coefficient (Wildman–Crippen LogP) is 10.1. The average molecular weight is 597 g/mol. The number of fused-ring (bicyclic) bond motifs is 1. The summed E-state index contributed by atoms with van der Waals surface area (Å²) >= 11 is 0. The number of nitrogens with one attached hydrogen (secondary N) is 1. The molecular weight excluding hydrogens is 536 g/mol. The molecule has 3 heterocycles. The van der Waals surface area contributed by atoms with Gasteiger partial charge in [0.25, 0.3) is 0 Å². The fourth-order valence-corrected chi connectivity index (χ4v) is 9.05. The number of allylic oxidation sites excluding steroid dienone is 4. The van der Waals surface area contributed by atoms with Gasteiger partial charge in [0, 0.05) is 5.57 Å². The zero-order valence-corrected chi connectivity index (χ0v) is 28.5. The van der Waals surface area contributed by atoms with Crippen LogP contribution in [0.2, 0.25) is 0 Å². The molecule has 240 valence electrons. The van der Waals surface area contributed by atoms with Crippen molar-refractivity contribution in [2.75, 3.05) is 33.2 Å². The van der Waals surface area contributed by atoms with Gasteiger partial charge >= 0.3 is 0 Å². The molecule has 2 saturated heterocycles. The van der Waals surface area contributed by atoms with Crippen LogP contribution in [-0.4, -0.2) is 38.1 Å². The van der Waals surface area contributed by atoms with Gasteiger partial charge in [-0.3, -0.25) is 0 Å². The topological polar surface area (TPSA) is 28.4 Å². The molecule has 2 aliphatic carbocycles. The second-order valence-corrected chi connectivity index (χ2v) is 15.4. The summed E-state index contributed by atoms with van der Waals surface area (Å²) in [4.78, 5) is 2.50. The van der Waals surface area contributed by atoms with Crippen molar-refractivity contribution in [1.29, 1.82) is 0 Å². The number of piperidine rings is 2. The Balaban J connectivity index is 1.22. The number of hydrogen-bond donors (Lipinski definition) is 1. The van der Waals surface area contributed by atoms with Gasteiger partial charge in [0.05, 0.1) is 0 Å². The van der Waals surface area contributed by atoms with E-state index >= 15 is 0 Å². The lowest BCUT2D eigenvalue weighted by Crippen LogP contribution is -2.45. The molecule has 1 saturated carbocycles. The van der Waals surface area contributed by atoms with Crippen molar-refractivity contribution in [3.05, 3.63) is 70.2 Å². The Bertz CT molecular complexity index is 1290. The Morgan fingerprint density at radius 3 is 2.43 bits per heavy atom. The number of benzene rings is 1. The maximum atomic E-state index is 6.18. The Hall–Kier alpha value is -2.10. The van der Waals surface area contributed by atoms with Crippen LogP contribution in [0.1, 0.15) is 137 Å². The standard InChI is InChI=1S/C41H60N2O/c1-5-8-34-27-39-36(10-7-6-9-32-17-23-43(4)24-18-32)25-37(40-16-12-31(3)44-40)14-11-30(2)38(39)26-35(34)15-13-33-28-41(29-33)19-21-42-22-20-41/h12,14,16,25-27,30,32-33,42H,5-11,13,15,17-24,28-29H2,1-4H3/b36-25?,37-14-. The molecule has 3 heteroatoms. The van der Waals surface area contributed by atoms with Crippen LogP contribution in [0.15, 0.2) is 40.8 Å². The average Bonchev–Trinajstić information content (AvgIpc) is 3.45. The number of rotatable bonds is 11. The summed E-state index contributed by atoms with van der Waals surface area (Å²) in [5.74, 6) is 4.39. The van der Waals surface area contributed by atoms with Crippen LogP contribution in [0.4, 0.5) is 0 Å². The highest BCUT2D eigenvalue weighted by atomic mass is 16.3. The molecule has 2 aliphatic heterocycles. The van der Waals surface area contributed by atoms with Gasteiger partial charge in [0.1, 0.15) is 11.5 Å². The highest BCUT2D eigenvalue weighted by molar-refractivity contribution is 5.84. The maximum Gasteiger partial charge on any atom is 0.133 e. The number of nitrogens with zero attached hydrogens (tertiary/aromatic N) is 1. The first-order valence-electron chi connectivity index (χ1n) is 18.4. The molecule has 1 aromatic heterocycles. The SMILES string of the molecule is CCCc1cc2c(cc1CCC1CC3(CCNCC3)C1)C(C)C/C=C(\c1ccc(C)o1)C=C2CCCCC1CCN(C)CC1. The second-order valence-electron chi connectivity index (χ2n) is 15.4. The van der Waals surface area contributed by atoms with E-state index in [1.807, 2.05) is 0 Å². The summed E-state index contributed by atoms with van der Waals surface area (Å²) < 4.78 is 6.18. The molecule has 6 rings (SSSR count). The van der Waals surface area contributed by atoms with E-state index in [-0.39, 0.29) is 0 Å². The summed E-state index contributed by atoms with van der Waals surface area (Å²) in [7, 11) is 2.28. The molecule has 44 heavy (non-hydrogen) atoms. The van der Waals surface area contributed by atoms with Crippen molar-refractivity contribution in [2.45, 2.75) is 123 Å². The Labute approximate surface area is 269 Å². The van der Waals surface area contributed by atoms with Gasteiger partial charge in [-0.15, -0.1) is 0 Å². The molecule has 2 aromatic rings. The van der Waals surface area contributed by atoms with E-state index in [1.165, 1.54) is 126 Å². The van der Waals surface area contributed by atoms with Gasteiger partial charge in [0.2, 0.25) is 0 Å². The molecule has 1 atom stereocenters. The number of likely N-dealkylation sites (tertiary alicyclic amines) is 1. The molecule has 3 fully saturated rings. The van der Waals surface area contributed by atoms with Gasteiger partial charge in [-0.1, -0.05) is 51.3 Å². The number of hydrogen-bond acceptors (Lipinski definition) is 3. The van der Waals surface area contributed by atoms with E-state index in [2.05, 4.69) is 74.5 Å². The first-order chi connectivity index (χ1) is 21.4. The van der Waals surface area contributed by atoms with Crippen molar-refractivity contribution in [1.82, 2.24) is 10.2 Å². The zero-order valence-electron chi connectivity index (χ0n) is 28.5. The fourth-order valence-electron chi connectivity index (χ4n) is 9.05. The quantitative estimate of drug-likeness (QED) is 0.262. The zero-order chi connectivity index (χ0) is 30.5. The highest BCUT2D eigenvalue weighted by Gasteiger charge is 2.43. The molecular formula is C41H60N2O. The number of furan rings is 1. The third-order valence-electron chi connectivity index (χ3n) is 11.9. The van der Waals surface area contributed by atoms with Crippen LogP contribution < -0.4 is 5.32 Å². The van der Waals surface area contributed by atoms with E-state index in [0.717, 1.165) is 36.2 Å². The fraction of sp³-hybridized carbons (Fsp3) is 0.659. The van der Waals surface area contributed by atoms with Crippen molar-refractivity contribution in [3.8, 4) is 0 Å². The minimum Gasteiger partial charge on any atom is -0.461 e. The van der Waals surface area contributed by atoms with Gasteiger partial charge in [-0.2, -0.15) is 0 Å². The van der Waals surface area contributed by atoms with Crippen LogP contribution in [0.25, 0.3) is 11.1 Å². The van der Waals surface area contributed by atoms with Crippen molar-refractivity contribution in [3.63, 3.8) is 0 Å². The van der Waals surface area contributed by atoms with Crippen molar-refractivity contribution >= 4 is 11.1 Å². The molecule has 0 radical (unpaired) electrons. The van der Waals surface area contributed by atoms with Gasteiger partial charge in [-0.25, -0.2) is 0 Å². The molecule has 0 amide bonds. The van der Waals surface area contributed by atoms with Gasteiger partial charge in [0.15, 0.2) is 0 Å². The monoisotopic (exact) mass is 596 g/mol. The lowest BCUT2D eigenvalue weighted by atomic mass is 9.56. The largest absolute Gasteiger partial charge is 0.461 e. The second kappa shape index (κ2) is 14.5. The van der Waals surface area contributed by atoms with E-state index in [9.17, 15) is 0 Å². The van der Waals surface area contributed by atoms with Gasteiger partial charge < -0.3 is 14.6 Å². The Kier molecular flexibility index (Phi) is 10.5. The first kappa shape index (κ1) is 31.9. The third kappa shape index (κ3) is 7.64. The summed E-state index contributed by atoms with van der Waals surface area (Å²) in [5, 5.41) is 3.58. The maximum absolute atomic E-state index is 6.18. The smallest absolute Gasteiger partial charge is 0.133 e. The number of unbranched alkanes of at least 4 members (excludes halogenated alkanes) is 1. The highest BCUT2D eigenvalue weighted by Crippen LogP contribution is 2.53. The molecule has 3 nitrogen and oxygen atoms in total. The lowest BCUT2D eigenvalue weighted by molar-refractivity contribution is 0.0177. The minimum atomic E-state index is 0.509. The van der Waals surface area contributed by atoms with Crippen LogP contribution in [0.5, 0.6) is 0 Å². The van der Waals surface area contributed by atoms with E-state index < -0.39 is 0 Å². The van der Waals surface area contributed by atoms with Crippen LogP contribution in [-0.2, 0) is 12.8 Å². The Morgan fingerprint density at radius 1 is 0.932 bits per heavy atom. The molecule has 1 aromatic carbocycles. The number of aryl methyl sites for hydroxylation is 3. The van der Waals surface area contributed by atoms with Crippen LogP contribution in [0, 0.1) is 24.2 Å². The summed E-state index contributed by atoms with van der Waals surface area (Å²) in [6.45, 7) is 11.9. The minimum absolute atomic E-state index is 0.509. The lowest BCUT2D eigenvalue weighted by Gasteiger charge is -2.50. The summed E-state index contributed by atoms with van der Waals surface area (Å²) in [6, 6.07) is 9.61. The summed E-state index contributed by atoms with van der Waals surface area (Å²) in [6.07, 6.45) is 24.8. The van der Waals surface area contributed by atoms with Crippen molar-refractivity contribution in [2.24, 2.45) is 17.3 Å². The van der Waals surface area contributed by atoms with E-state index in [4.69, 9.17) is 4.42 Å².